The van der Waals surface area contributed by atoms with Crippen molar-refractivity contribution in [3.8, 4) is 0 Å². The van der Waals surface area contributed by atoms with Crippen molar-refractivity contribution in [3.63, 3.8) is 0 Å². The van der Waals surface area contributed by atoms with Crippen LogP contribution >= 0.6 is 0 Å². The Labute approximate surface area is 249 Å². The Hall–Kier alpha value is -5.78. The summed E-state index contributed by atoms with van der Waals surface area (Å²) in [7, 11) is 0. The zero-order valence-electron chi connectivity index (χ0n) is 23.4. The molecule has 2 heterocycles. The van der Waals surface area contributed by atoms with Crippen molar-refractivity contribution < 1.29 is 38.8 Å². The van der Waals surface area contributed by atoms with E-state index in [9.17, 15) is 38.9 Å². The summed E-state index contributed by atoms with van der Waals surface area (Å²) in [6.07, 6.45) is 0.131. The summed E-state index contributed by atoms with van der Waals surface area (Å²) in [6.45, 7) is 1.54. The Morgan fingerprint density at radius 2 is 1.18 bits per heavy atom. The highest BCUT2D eigenvalue weighted by Crippen LogP contribution is 2.34. The van der Waals surface area contributed by atoms with E-state index in [0.29, 0.717) is 27.3 Å². The van der Waals surface area contributed by atoms with E-state index in [1.165, 1.54) is 17.9 Å². The van der Waals surface area contributed by atoms with Crippen LogP contribution in [-0.4, -0.2) is 68.3 Å². The van der Waals surface area contributed by atoms with Gasteiger partial charge in [-0.2, -0.15) is 0 Å². The molecule has 12 nitrogen and oxygen atoms in total. The molecule has 0 unspecified atom stereocenters. The highest BCUT2D eigenvalue weighted by atomic mass is 16.6. The van der Waals surface area contributed by atoms with E-state index >= 15 is 0 Å². The molecule has 0 spiro atoms. The monoisotopic (exact) mass is 595 g/mol. The minimum Gasteiger partial charge on any atom is -0.481 e. The number of carboxylic acid groups (broad SMARTS) is 1. The maximum Gasteiger partial charge on any atom is 0.303 e. The molecule has 0 aromatic heterocycles. The summed E-state index contributed by atoms with van der Waals surface area (Å²) in [5.41, 5.74) is 1.20. The molecule has 2 aliphatic heterocycles. The summed E-state index contributed by atoms with van der Waals surface area (Å²) in [5, 5.41) is 22.2. The number of imide groups is 2. The lowest BCUT2D eigenvalue weighted by atomic mass is 9.93. The quantitative estimate of drug-likeness (QED) is 0.173. The fraction of sp³-hybridized carbons (Fsp3) is 0.188. The smallest absolute Gasteiger partial charge is 0.303 e. The fourth-order valence-corrected chi connectivity index (χ4v) is 5.39. The van der Waals surface area contributed by atoms with Gasteiger partial charge in [-0.15, -0.1) is 0 Å². The molecule has 6 rings (SSSR count). The zero-order valence-corrected chi connectivity index (χ0v) is 23.4. The number of nitro groups is 1. The highest BCUT2D eigenvalue weighted by molar-refractivity contribution is 6.26. The van der Waals surface area contributed by atoms with Crippen LogP contribution in [0.3, 0.4) is 0 Å². The van der Waals surface area contributed by atoms with Gasteiger partial charge in [0.25, 0.3) is 29.3 Å². The number of carbonyl (C=O) groups is 6. The largest absolute Gasteiger partial charge is 0.481 e. The molecule has 0 radical (unpaired) electrons. The van der Waals surface area contributed by atoms with Crippen LogP contribution in [0.4, 0.5) is 5.69 Å². The molecule has 4 amide bonds. The van der Waals surface area contributed by atoms with Gasteiger partial charge in [0, 0.05) is 65.5 Å². The van der Waals surface area contributed by atoms with Gasteiger partial charge in [0.05, 0.1) is 10.5 Å². The fourth-order valence-electron chi connectivity index (χ4n) is 5.39. The zero-order chi connectivity index (χ0) is 31.7. The molecule has 0 saturated carbocycles. The second-order valence-corrected chi connectivity index (χ2v) is 10.3. The van der Waals surface area contributed by atoms with Crippen LogP contribution in [0.25, 0.3) is 21.5 Å². The molecular formula is C32H25N3O9. The number of rotatable bonds is 8. The second kappa shape index (κ2) is 11.8. The third-order valence-electron chi connectivity index (χ3n) is 7.44. The molecule has 0 fully saturated rings. The van der Waals surface area contributed by atoms with Crippen LogP contribution in [0.15, 0.2) is 66.7 Å². The minimum atomic E-state index is -1.02. The Morgan fingerprint density at radius 1 is 0.705 bits per heavy atom. The minimum absolute atomic E-state index is 0.0392. The molecule has 0 atom stereocenters. The molecule has 4 aromatic carbocycles. The van der Waals surface area contributed by atoms with E-state index in [4.69, 9.17) is 5.11 Å². The Bertz CT molecular complexity index is 1880. The lowest BCUT2D eigenvalue weighted by Crippen LogP contribution is -2.41. The number of carbonyl (C=O) groups excluding carboxylic acids is 5. The first-order chi connectivity index (χ1) is 21.0. The van der Waals surface area contributed by atoms with Crippen LogP contribution in [0.1, 0.15) is 67.6 Å². The lowest BCUT2D eigenvalue weighted by Gasteiger charge is -2.26. The molecule has 1 N–H and O–H groups in total. The average Bonchev–Trinajstić information content (AvgIpc) is 2.99. The lowest BCUT2D eigenvalue weighted by molar-refractivity contribution is -0.384. The number of benzene rings is 4. The number of hydrogen-bond donors (Lipinski definition) is 1. The molecule has 4 aromatic rings. The predicted octanol–water partition coefficient (Wildman–Crippen LogP) is 4.62. The van der Waals surface area contributed by atoms with Crippen molar-refractivity contribution in [1.29, 1.82) is 0 Å². The number of hydrogen-bond acceptors (Lipinski definition) is 8. The van der Waals surface area contributed by atoms with E-state index in [1.54, 1.807) is 42.5 Å². The van der Waals surface area contributed by atoms with Gasteiger partial charge < -0.3 is 5.11 Å². The van der Waals surface area contributed by atoms with E-state index in [0.717, 1.165) is 16.4 Å². The molecule has 0 saturated heterocycles. The van der Waals surface area contributed by atoms with Crippen molar-refractivity contribution in [2.75, 3.05) is 13.1 Å². The molecule has 0 aliphatic carbocycles. The summed E-state index contributed by atoms with van der Waals surface area (Å²) in [6, 6.07) is 18.1. The van der Waals surface area contributed by atoms with Crippen molar-refractivity contribution >= 4 is 62.6 Å². The van der Waals surface area contributed by atoms with E-state index < -0.39 is 22.7 Å². The van der Waals surface area contributed by atoms with E-state index in [2.05, 4.69) is 0 Å². The standard InChI is InChI=1S/C16H12N2O6.C16H13NO3/c19-13(20)5-2-6-17-15(21)11-4-1-3-9-7-10(18(23)24)8-12(14(9)11)16(17)22;1-10(18)8-9-17-15(19)12-6-2-4-11-5-3-7-13(14(11)12)16(17)20/h1,3-4,7-8H,2,5-6H2,(H,19,20);2-7H,8-9H2,1H3. The SMILES string of the molecule is CC(=O)CCN1C(=O)c2cccc3cccc(c23)C1=O.O=C(O)CCCN1C(=O)c2cccc3cc([N+](=O)[O-])cc(c23)C1=O. The van der Waals surface area contributed by atoms with Crippen molar-refractivity contribution in [3.05, 3.63) is 99.1 Å². The molecule has 44 heavy (non-hydrogen) atoms. The van der Waals surface area contributed by atoms with Gasteiger partial charge in [0.2, 0.25) is 0 Å². The third-order valence-corrected chi connectivity index (χ3v) is 7.44. The normalized spacial score (nSPS) is 13.7. The topological polar surface area (TPSA) is 172 Å². The first kappa shape index (κ1) is 29.7. The molecule has 12 heteroatoms. The number of Topliss-reactive ketones (excluding diaryl/α,β-unsaturated/α-hetero) is 1. The van der Waals surface area contributed by atoms with Crippen molar-refractivity contribution in [1.82, 2.24) is 9.80 Å². The predicted molar refractivity (Wildman–Crippen MR) is 157 cm³/mol. The molecule has 2 aliphatic rings. The number of nitro benzene ring substituents is 1. The number of ketones is 1. The maximum absolute atomic E-state index is 12.6. The Balaban J connectivity index is 0.000000177. The first-order valence-corrected chi connectivity index (χ1v) is 13.7. The highest BCUT2D eigenvalue weighted by Gasteiger charge is 2.34. The summed E-state index contributed by atoms with van der Waals surface area (Å²) in [5.74, 6) is -2.86. The number of aliphatic carboxylic acids is 1. The summed E-state index contributed by atoms with van der Waals surface area (Å²) < 4.78 is 0. The van der Waals surface area contributed by atoms with Gasteiger partial charge in [-0.05, 0) is 42.3 Å². The maximum atomic E-state index is 12.6. The van der Waals surface area contributed by atoms with Crippen molar-refractivity contribution in [2.24, 2.45) is 0 Å². The number of amides is 4. The van der Waals surface area contributed by atoms with Crippen molar-refractivity contribution in [2.45, 2.75) is 26.2 Å². The van der Waals surface area contributed by atoms with Gasteiger partial charge in [0.1, 0.15) is 5.78 Å². The molecular weight excluding hydrogens is 570 g/mol. The third kappa shape index (κ3) is 5.40. The first-order valence-electron chi connectivity index (χ1n) is 13.7. The van der Waals surface area contributed by atoms with E-state index in [-0.39, 0.29) is 66.8 Å². The van der Waals surface area contributed by atoms with Gasteiger partial charge in [0.15, 0.2) is 0 Å². The van der Waals surface area contributed by atoms with Gasteiger partial charge in [-0.3, -0.25) is 48.7 Å². The van der Waals surface area contributed by atoms with Crippen LogP contribution in [0, 0.1) is 10.1 Å². The summed E-state index contributed by atoms with van der Waals surface area (Å²) >= 11 is 0. The van der Waals surface area contributed by atoms with Gasteiger partial charge >= 0.3 is 5.97 Å². The number of non-ortho nitro benzene ring substituents is 1. The Morgan fingerprint density at radius 3 is 1.68 bits per heavy atom. The summed E-state index contributed by atoms with van der Waals surface area (Å²) in [4.78, 5) is 84.3. The number of carboxylic acids is 1. The van der Waals surface area contributed by atoms with Crippen LogP contribution in [0.5, 0.6) is 0 Å². The molecule has 222 valence electrons. The average molecular weight is 596 g/mol. The van der Waals surface area contributed by atoms with Crippen LogP contribution in [0.2, 0.25) is 0 Å². The molecule has 0 bridgehead atoms. The number of nitrogens with zero attached hydrogens (tertiary/aromatic N) is 3. The van der Waals surface area contributed by atoms with Crippen LogP contribution in [-0.2, 0) is 9.59 Å². The second-order valence-electron chi connectivity index (χ2n) is 10.3. The Kier molecular flexibility index (Phi) is 7.99. The van der Waals surface area contributed by atoms with Crippen LogP contribution < -0.4 is 0 Å². The van der Waals surface area contributed by atoms with Gasteiger partial charge in [-0.1, -0.05) is 36.4 Å². The van der Waals surface area contributed by atoms with Gasteiger partial charge in [-0.25, -0.2) is 0 Å². The van der Waals surface area contributed by atoms with E-state index in [1.807, 2.05) is 12.1 Å².